The van der Waals surface area contributed by atoms with E-state index in [4.69, 9.17) is 4.42 Å². The molecule has 0 spiro atoms. The lowest BCUT2D eigenvalue weighted by Crippen LogP contribution is -2.16. The van der Waals surface area contributed by atoms with Crippen LogP contribution >= 0.6 is 0 Å². The molecule has 2 aliphatic carbocycles. The van der Waals surface area contributed by atoms with Crippen LogP contribution in [0.15, 0.2) is 211 Å². The highest BCUT2D eigenvalue weighted by Gasteiger charge is 2.27. The normalized spacial score (nSPS) is 13.5. The molecule has 10 aromatic carbocycles. The lowest BCUT2D eigenvalue weighted by molar-refractivity contribution is 0.670. The monoisotopic (exact) mass is 862 g/mol. The third-order valence-corrected chi connectivity index (χ3v) is 14.5. The highest BCUT2D eigenvalue weighted by molar-refractivity contribution is 6.14. The van der Waals surface area contributed by atoms with E-state index in [2.05, 4.69) is 216 Å². The Morgan fingerprint density at radius 3 is 1.15 bits per heavy atom. The van der Waals surface area contributed by atoms with E-state index < -0.39 is 0 Å². The van der Waals surface area contributed by atoms with Crippen molar-refractivity contribution in [1.29, 1.82) is 0 Å². The molecule has 13 rings (SSSR count). The van der Waals surface area contributed by atoms with Gasteiger partial charge in [-0.1, -0.05) is 133 Å². The Balaban J connectivity index is 0.950. The fourth-order valence-corrected chi connectivity index (χ4v) is 11.3. The van der Waals surface area contributed by atoms with E-state index in [0.717, 1.165) is 81.1 Å². The second kappa shape index (κ2) is 16.5. The van der Waals surface area contributed by atoms with Gasteiger partial charge < -0.3 is 14.2 Å². The Kier molecular flexibility index (Phi) is 9.74. The summed E-state index contributed by atoms with van der Waals surface area (Å²) >= 11 is 0. The molecule has 0 saturated heterocycles. The molecule has 0 aliphatic heterocycles. The number of anilines is 6. The predicted octanol–water partition coefficient (Wildman–Crippen LogP) is 17.9. The van der Waals surface area contributed by atoms with Crippen molar-refractivity contribution in [2.75, 3.05) is 9.80 Å². The van der Waals surface area contributed by atoms with Crippen molar-refractivity contribution in [2.45, 2.75) is 51.4 Å². The average Bonchev–Trinajstić information content (AvgIpc) is 3.74. The highest BCUT2D eigenvalue weighted by atomic mass is 16.3. The molecule has 0 atom stereocenters. The Hall–Kier alpha value is -7.88. The number of benzene rings is 10. The Bertz CT molecular complexity index is 3390. The van der Waals surface area contributed by atoms with Gasteiger partial charge in [-0.2, -0.15) is 0 Å². The zero-order valence-corrected chi connectivity index (χ0v) is 37.6. The summed E-state index contributed by atoms with van der Waals surface area (Å²) in [6.07, 6.45) is 9.26. The SMILES string of the molecule is c1ccc(-c2ccc3c(c2N(c2ccccc2)c2ccc4cc5c(cc4c2)oc2cc4cc(N(c6ccccc6)c6c(-c7ccccc7)ccc7c6CCCC7)ccc4cc25)CCCC3)cc1. The molecule has 3 heteroatoms. The summed E-state index contributed by atoms with van der Waals surface area (Å²) in [5.41, 5.74) is 19.8. The molecule has 0 fully saturated rings. The van der Waals surface area contributed by atoms with Crippen molar-refractivity contribution in [3.05, 3.63) is 229 Å². The van der Waals surface area contributed by atoms with Crippen molar-refractivity contribution < 1.29 is 4.42 Å². The summed E-state index contributed by atoms with van der Waals surface area (Å²) in [5, 5.41) is 6.97. The molecule has 322 valence electrons. The summed E-state index contributed by atoms with van der Waals surface area (Å²) in [7, 11) is 0. The first-order valence-corrected chi connectivity index (χ1v) is 24.2. The molecule has 3 nitrogen and oxygen atoms in total. The van der Waals surface area contributed by atoms with Crippen molar-refractivity contribution in [1.82, 2.24) is 0 Å². The van der Waals surface area contributed by atoms with Crippen molar-refractivity contribution in [2.24, 2.45) is 0 Å². The first-order valence-electron chi connectivity index (χ1n) is 24.2. The molecule has 0 unspecified atom stereocenters. The van der Waals surface area contributed by atoms with Gasteiger partial charge in [-0.25, -0.2) is 0 Å². The zero-order chi connectivity index (χ0) is 44.3. The largest absolute Gasteiger partial charge is 0.456 e. The minimum absolute atomic E-state index is 0.901. The summed E-state index contributed by atoms with van der Waals surface area (Å²) in [6, 6.07) is 76.2. The zero-order valence-electron chi connectivity index (χ0n) is 37.6. The first-order chi connectivity index (χ1) is 33.2. The maximum Gasteiger partial charge on any atom is 0.136 e. The van der Waals surface area contributed by atoms with Crippen LogP contribution in [0.1, 0.15) is 47.9 Å². The van der Waals surface area contributed by atoms with Gasteiger partial charge in [0.05, 0.1) is 11.4 Å². The molecular formula is C64H50N2O. The van der Waals surface area contributed by atoms with Gasteiger partial charge in [0.25, 0.3) is 0 Å². The predicted molar refractivity (Wildman–Crippen MR) is 282 cm³/mol. The summed E-state index contributed by atoms with van der Waals surface area (Å²) in [6.45, 7) is 0. The first kappa shape index (κ1) is 39.5. The fraction of sp³-hybridized carbons (Fsp3) is 0.125. The maximum absolute atomic E-state index is 6.88. The molecule has 1 heterocycles. The van der Waals surface area contributed by atoms with E-state index in [0.29, 0.717) is 0 Å². The topological polar surface area (TPSA) is 19.6 Å². The van der Waals surface area contributed by atoms with Crippen LogP contribution in [0.2, 0.25) is 0 Å². The fourth-order valence-electron chi connectivity index (χ4n) is 11.3. The summed E-state index contributed by atoms with van der Waals surface area (Å²) in [5.74, 6) is 0. The van der Waals surface area contributed by atoms with Crippen molar-refractivity contribution >= 4 is 77.6 Å². The Labute approximate surface area is 392 Å². The van der Waals surface area contributed by atoms with Crippen LogP contribution < -0.4 is 9.80 Å². The maximum atomic E-state index is 6.88. The molecular weight excluding hydrogens is 813 g/mol. The minimum atomic E-state index is 0.901. The van der Waals surface area contributed by atoms with Crippen LogP contribution in [0, 0.1) is 0 Å². The van der Waals surface area contributed by atoms with E-state index >= 15 is 0 Å². The summed E-state index contributed by atoms with van der Waals surface area (Å²) < 4.78 is 6.88. The molecule has 67 heavy (non-hydrogen) atoms. The van der Waals surface area contributed by atoms with Crippen molar-refractivity contribution in [3.8, 4) is 22.3 Å². The van der Waals surface area contributed by atoms with E-state index in [1.165, 1.54) is 92.3 Å². The number of para-hydroxylation sites is 2. The third-order valence-electron chi connectivity index (χ3n) is 14.5. The lowest BCUT2D eigenvalue weighted by atomic mass is 9.86. The number of aryl methyl sites for hydroxylation is 2. The second-order valence-corrected chi connectivity index (χ2v) is 18.5. The number of rotatable bonds is 8. The van der Waals surface area contributed by atoms with Gasteiger partial charge in [-0.15, -0.1) is 0 Å². The van der Waals surface area contributed by atoms with Crippen LogP contribution in [0.5, 0.6) is 0 Å². The number of fused-ring (bicyclic) bond motifs is 7. The van der Waals surface area contributed by atoms with Crippen LogP contribution in [-0.2, 0) is 25.7 Å². The second-order valence-electron chi connectivity index (χ2n) is 18.5. The molecule has 0 amide bonds. The van der Waals surface area contributed by atoms with Crippen LogP contribution in [0.3, 0.4) is 0 Å². The van der Waals surface area contributed by atoms with Gasteiger partial charge in [-0.05, 0) is 179 Å². The standard InChI is InChI=1S/C64H50N2O/c1-5-17-43(18-6-1)57-35-31-45-21-13-15-27-55(45)63(57)65(51-23-9-3-10-24-51)53-33-29-47-39-59-60-40-48-30-34-54(38-50(48)42-62(60)67-61(59)41-49(47)37-53)66(52-25-11-4-12-26-52)64-56-28-16-14-22-46(56)32-36-58(64)44-19-7-2-8-20-44/h1-12,17-20,23-26,29-42H,13-16,21-22,27-28H2. The molecule has 0 radical (unpaired) electrons. The van der Waals surface area contributed by atoms with Crippen LogP contribution in [0.25, 0.3) is 65.7 Å². The molecule has 0 N–H and O–H groups in total. The average molecular weight is 863 g/mol. The Morgan fingerprint density at radius 2 is 0.716 bits per heavy atom. The van der Waals surface area contributed by atoms with Gasteiger partial charge >= 0.3 is 0 Å². The number of nitrogens with zero attached hydrogens (tertiary/aromatic N) is 2. The molecule has 2 aliphatic rings. The van der Waals surface area contributed by atoms with Crippen molar-refractivity contribution in [3.63, 3.8) is 0 Å². The van der Waals surface area contributed by atoms with Gasteiger partial charge in [0.2, 0.25) is 0 Å². The van der Waals surface area contributed by atoms with E-state index in [1.807, 2.05) is 0 Å². The quantitative estimate of drug-likeness (QED) is 0.152. The molecule has 1 aromatic heterocycles. The summed E-state index contributed by atoms with van der Waals surface area (Å²) in [4.78, 5) is 5.01. The van der Waals surface area contributed by atoms with Gasteiger partial charge in [0, 0.05) is 44.6 Å². The Morgan fingerprint density at radius 1 is 0.313 bits per heavy atom. The van der Waals surface area contributed by atoms with E-state index in [-0.39, 0.29) is 0 Å². The van der Waals surface area contributed by atoms with Crippen LogP contribution in [-0.4, -0.2) is 0 Å². The number of furan rings is 1. The molecule has 11 aromatic rings. The molecule has 0 bridgehead atoms. The number of hydrogen-bond donors (Lipinski definition) is 0. The minimum Gasteiger partial charge on any atom is -0.456 e. The third kappa shape index (κ3) is 6.96. The van der Waals surface area contributed by atoms with Gasteiger partial charge in [0.15, 0.2) is 0 Å². The van der Waals surface area contributed by atoms with Gasteiger partial charge in [-0.3, -0.25) is 0 Å². The van der Waals surface area contributed by atoms with E-state index in [9.17, 15) is 0 Å². The van der Waals surface area contributed by atoms with E-state index in [1.54, 1.807) is 0 Å². The van der Waals surface area contributed by atoms with Crippen LogP contribution in [0.4, 0.5) is 34.1 Å². The highest BCUT2D eigenvalue weighted by Crippen LogP contribution is 2.49. The molecule has 0 saturated carbocycles. The lowest BCUT2D eigenvalue weighted by Gasteiger charge is -2.33. The van der Waals surface area contributed by atoms with Gasteiger partial charge in [0.1, 0.15) is 11.2 Å². The number of hydrogen-bond acceptors (Lipinski definition) is 3. The smallest absolute Gasteiger partial charge is 0.136 e.